The summed E-state index contributed by atoms with van der Waals surface area (Å²) < 4.78 is 10.8. The number of hydrogen-bond donors (Lipinski definition) is 1. The van der Waals surface area contributed by atoms with Gasteiger partial charge in [0.15, 0.2) is 17.5 Å². The highest BCUT2D eigenvalue weighted by Gasteiger charge is 2.21. The third-order valence-corrected chi connectivity index (χ3v) is 4.04. The molecule has 0 radical (unpaired) electrons. The molecule has 1 aromatic rings. The predicted molar refractivity (Wildman–Crippen MR) is 89.9 cm³/mol. The summed E-state index contributed by atoms with van der Waals surface area (Å²) in [7, 11) is 5.20. The smallest absolute Gasteiger partial charge is 0.193 e. The van der Waals surface area contributed by atoms with Crippen molar-refractivity contribution in [1.82, 2.24) is 10.2 Å². The summed E-state index contributed by atoms with van der Waals surface area (Å²) >= 11 is 0. The normalized spacial score (nSPS) is 14.5. The number of nitrogens with one attached hydrogen (secondary N) is 1. The number of hydrogen-bond acceptors (Lipinski definition) is 3. The number of fused-ring (bicyclic) bond motifs is 1. The number of guanidine groups is 1. The van der Waals surface area contributed by atoms with Crippen LogP contribution in [0.3, 0.4) is 0 Å². The molecule has 2 rings (SSSR count). The second-order valence-corrected chi connectivity index (χ2v) is 5.48. The molecule has 0 amide bonds. The topological polar surface area (TPSA) is 46.1 Å². The molecule has 1 heterocycles. The molecule has 0 saturated carbocycles. The summed E-state index contributed by atoms with van der Waals surface area (Å²) in [6, 6.07) is 4.18. The standard InChI is InChI=1S/C17H27N3O2/c1-5-6-8-19-17(18-2)20-9-7-13-10-15(21-3)16(22-4)11-14(13)12-20/h10-11H,5-9,12H2,1-4H3,(H,18,19). The van der Waals surface area contributed by atoms with E-state index in [0.717, 1.165) is 49.9 Å². The molecule has 1 N–H and O–H groups in total. The Hall–Kier alpha value is -1.91. The van der Waals surface area contributed by atoms with Crippen molar-refractivity contribution in [2.24, 2.45) is 4.99 Å². The zero-order valence-electron chi connectivity index (χ0n) is 14.1. The van der Waals surface area contributed by atoms with Crippen molar-refractivity contribution in [1.29, 1.82) is 0 Å². The summed E-state index contributed by atoms with van der Waals surface area (Å²) in [5.74, 6) is 2.58. The van der Waals surface area contributed by atoms with Crippen LogP contribution in [0.25, 0.3) is 0 Å². The second-order valence-electron chi connectivity index (χ2n) is 5.48. The zero-order valence-corrected chi connectivity index (χ0v) is 14.1. The zero-order chi connectivity index (χ0) is 15.9. The Balaban J connectivity index is 2.13. The molecular formula is C17H27N3O2. The van der Waals surface area contributed by atoms with E-state index in [-0.39, 0.29) is 0 Å². The van der Waals surface area contributed by atoms with Crippen LogP contribution in [0.15, 0.2) is 17.1 Å². The number of benzene rings is 1. The van der Waals surface area contributed by atoms with E-state index in [1.807, 2.05) is 7.05 Å². The lowest BCUT2D eigenvalue weighted by molar-refractivity contribution is 0.346. The van der Waals surface area contributed by atoms with Gasteiger partial charge >= 0.3 is 0 Å². The fourth-order valence-electron chi connectivity index (χ4n) is 2.77. The van der Waals surface area contributed by atoms with Crippen LogP contribution in [0.2, 0.25) is 0 Å². The lowest BCUT2D eigenvalue weighted by atomic mass is 9.99. The maximum absolute atomic E-state index is 5.41. The van der Waals surface area contributed by atoms with E-state index in [0.29, 0.717) is 0 Å². The van der Waals surface area contributed by atoms with Gasteiger partial charge in [-0.15, -0.1) is 0 Å². The van der Waals surface area contributed by atoms with Crippen LogP contribution in [0.1, 0.15) is 30.9 Å². The summed E-state index contributed by atoms with van der Waals surface area (Å²) in [6.45, 7) is 4.98. The van der Waals surface area contributed by atoms with Gasteiger partial charge in [0.05, 0.1) is 14.2 Å². The van der Waals surface area contributed by atoms with Gasteiger partial charge in [0, 0.05) is 26.7 Å². The van der Waals surface area contributed by atoms with E-state index in [1.54, 1.807) is 14.2 Å². The average Bonchev–Trinajstić information content (AvgIpc) is 2.57. The first-order valence-corrected chi connectivity index (χ1v) is 7.92. The molecular weight excluding hydrogens is 278 g/mol. The molecule has 22 heavy (non-hydrogen) atoms. The van der Waals surface area contributed by atoms with Crippen molar-refractivity contribution >= 4 is 5.96 Å². The molecule has 1 aromatic carbocycles. The lowest BCUT2D eigenvalue weighted by Gasteiger charge is -2.32. The SMILES string of the molecule is CCCCNC(=NC)N1CCc2cc(OC)c(OC)cc2C1. The van der Waals surface area contributed by atoms with Gasteiger partial charge in [0.25, 0.3) is 0 Å². The van der Waals surface area contributed by atoms with Gasteiger partial charge in [-0.05, 0) is 36.1 Å². The fourth-order valence-corrected chi connectivity index (χ4v) is 2.77. The van der Waals surface area contributed by atoms with Crippen LogP contribution in [-0.2, 0) is 13.0 Å². The maximum Gasteiger partial charge on any atom is 0.193 e. The van der Waals surface area contributed by atoms with Crippen molar-refractivity contribution < 1.29 is 9.47 Å². The highest BCUT2D eigenvalue weighted by Crippen LogP contribution is 2.33. The maximum atomic E-state index is 5.41. The number of rotatable bonds is 5. The Morgan fingerprint density at radius 2 is 1.91 bits per heavy atom. The van der Waals surface area contributed by atoms with Crippen LogP contribution < -0.4 is 14.8 Å². The van der Waals surface area contributed by atoms with Gasteiger partial charge in [-0.3, -0.25) is 4.99 Å². The molecule has 0 aromatic heterocycles. The Labute approximate surface area is 133 Å². The van der Waals surface area contributed by atoms with Crippen molar-refractivity contribution in [3.63, 3.8) is 0 Å². The minimum atomic E-state index is 0.789. The van der Waals surface area contributed by atoms with Crippen LogP contribution >= 0.6 is 0 Å². The van der Waals surface area contributed by atoms with E-state index < -0.39 is 0 Å². The van der Waals surface area contributed by atoms with Crippen molar-refractivity contribution in [3.8, 4) is 11.5 Å². The molecule has 0 fully saturated rings. The van der Waals surface area contributed by atoms with Crippen LogP contribution in [0, 0.1) is 0 Å². The van der Waals surface area contributed by atoms with E-state index in [2.05, 4.69) is 34.3 Å². The van der Waals surface area contributed by atoms with Crippen molar-refractivity contribution in [2.45, 2.75) is 32.7 Å². The highest BCUT2D eigenvalue weighted by molar-refractivity contribution is 5.80. The first-order valence-electron chi connectivity index (χ1n) is 7.92. The predicted octanol–water partition coefficient (Wildman–Crippen LogP) is 2.44. The molecule has 0 bridgehead atoms. The fraction of sp³-hybridized carbons (Fsp3) is 0.588. The molecule has 122 valence electrons. The van der Waals surface area contributed by atoms with E-state index >= 15 is 0 Å². The van der Waals surface area contributed by atoms with Gasteiger partial charge in [0.2, 0.25) is 0 Å². The van der Waals surface area contributed by atoms with E-state index in [1.165, 1.54) is 17.5 Å². The summed E-state index contributed by atoms with van der Waals surface area (Å²) in [6.07, 6.45) is 3.34. The number of ether oxygens (including phenoxy) is 2. The number of nitrogens with zero attached hydrogens (tertiary/aromatic N) is 2. The third kappa shape index (κ3) is 3.64. The van der Waals surface area contributed by atoms with Crippen molar-refractivity contribution in [2.75, 3.05) is 34.4 Å². The molecule has 0 saturated heterocycles. The molecule has 5 heteroatoms. The van der Waals surface area contributed by atoms with Crippen LogP contribution in [-0.4, -0.2) is 45.2 Å². The Morgan fingerprint density at radius 3 is 2.50 bits per heavy atom. The summed E-state index contributed by atoms with van der Waals surface area (Å²) in [5, 5.41) is 3.44. The van der Waals surface area contributed by atoms with Gasteiger partial charge in [-0.1, -0.05) is 13.3 Å². The minimum Gasteiger partial charge on any atom is -0.493 e. The molecule has 1 aliphatic rings. The molecule has 1 aliphatic heterocycles. The number of aliphatic imine (C=N–C) groups is 1. The van der Waals surface area contributed by atoms with Crippen LogP contribution in [0.4, 0.5) is 0 Å². The van der Waals surface area contributed by atoms with Gasteiger partial charge < -0.3 is 19.7 Å². The Morgan fingerprint density at radius 1 is 1.23 bits per heavy atom. The molecule has 0 spiro atoms. The summed E-state index contributed by atoms with van der Waals surface area (Å²) in [4.78, 5) is 6.70. The van der Waals surface area contributed by atoms with Gasteiger partial charge in [-0.25, -0.2) is 0 Å². The molecule has 5 nitrogen and oxygen atoms in total. The number of unbranched alkanes of at least 4 members (excludes halogenated alkanes) is 1. The highest BCUT2D eigenvalue weighted by atomic mass is 16.5. The summed E-state index contributed by atoms with van der Waals surface area (Å²) in [5.41, 5.74) is 2.61. The van der Waals surface area contributed by atoms with E-state index in [4.69, 9.17) is 9.47 Å². The minimum absolute atomic E-state index is 0.789. The Bertz CT molecular complexity index is 529. The van der Waals surface area contributed by atoms with E-state index in [9.17, 15) is 0 Å². The Kier molecular flexibility index (Phi) is 5.92. The van der Waals surface area contributed by atoms with Gasteiger partial charge in [0.1, 0.15) is 0 Å². The van der Waals surface area contributed by atoms with Gasteiger partial charge in [-0.2, -0.15) is 0 Å². The first kappa shape index (κ1) is 16.5. The monoisotopic (exact) mass is 305 g/mol. The lowest BCUT2D eigenvalue weighted by Crippen LogP contribution is -2.44. The largest absolute Gasteiger partial charge is 0.493 e. The molecule has 0 aliphatic carbocycles. The van der Waals surface area contributed by atoms with Crippen molar-refractivity contribution in [3.05, 3.63) is 23.3 Å². The first-order chi connectivity index (χ1) is 10.7. The molecule has 0 atom stereocenters. The third-order valence-electron chi connectivity index (χ3n) is 4.04. The molecule has 0 unspecified atom stereocenters. The number of methoxy groups -OCH3 is 2. The second kappa shape index (κ2) is 7.92. The quantitative estimate of drug-likeness (QED) is 0.515. The average molecular weight is 305 g/mol. The van der Waals surface area contributed by atoms with Crippen LogP contribution in [0.5, 0.6) is 11.5 Å².